The normalized spacial score (nSPS) is 18.0. The van der Waals surface area contributed by atoms with Crippen molar-refractivity contribution in [1.29, 1.82) is 0 Å². The summed E-state index contributed by atoms with van der Waals surface area (Å²) in [6.07, 6.45) is -1.30. The molecular weight excluding hydrogens is 516 g/mol. The number of alkyl halides is 3. The number of halogens is 5. The third-order valence-corrected chi connectivity index (χ3v) is 7.18. The van der Waals surface area contributed by atoms with Crippen molar-refractivity contribution in [3.8, 4) is 0 Å². The van der Waals surface area contributed by atoms with Gasteiger partial charge in [0.2, 0.25) is 11.8 Å². The SMILES string of the molecule is O=C([C@H](CCc1ccc(Br)cc1)NC(=O)C1(c2ccc(C(F)(F)F)cc2F)CC1)N1CCCC1. The molecule has 1 saturated heterocycles. The Morgan fingerprint density at radius 1 is 1.06 bits per heavy atom. The van der Waals surface area contributed by atoms with E-state index in [0.717, 1.165) is 35.0 Å². The van der Waals surface area contributed by atoms with E-state index in [1.807, 2.05) is 24.3 Å². The maximum atomic E-state index is 14.7. The highest BCUT2D eigenvalue weighted by Gasteiger charge is 2.53. The molecule has 1 N–H and O–H groups in total. The largest absolute Gasteiger partial charge is 0.416 e. The lowest BCUT2D eigenvalue weighted by atomic mass is 9.92. The number of likely N-dealkylation sites (tertiary alicyclic amines) is 1. The first-order valence-electron chi connectivity index (χ1n) is 11.3. The zero-order valence-corrected chi connectivity index (χ0v) is 20.0. The van der Waals surface area contributed by atoms with Gasteiger partial charge in [-0.1, -0.05) is 34.1 Å². The third kappa shape index (κ3) is 5.29. The second kappa shape index (κ2) is 9.68. The van der Waals surface area contributed by atoms with Gasteiger partial charge in [-0.15, -0.1) is 0 Å². The zero-order chi connectivity index (χ0) is 24.5. The fraction of sp³-hybridized carbons (Fsp3) is 0.440. The van der Waals surface area contributed by atoms with E-state index < -0.39 is 34.9 Å². The first-order chi connectivity index (χ1) is 16.1. The number of benzene rings is 2. The lowest BCUT2D eigenvalue weighted by Gasteiger charge is -2.26. The number of nitrogens with zero attached hydrogens (tertiary/aromatic N) is 1. The molecule has 2 aromatic carbocycles. The number of rotatable bonds is 7. The van der Waals surface area contributed by atoms with Crippen LogP contribution in [0.2, 0.25) is 0 Å². The van der Waals surface area contributed by atoms with Crippen molar-refractivity contribution in [3.05, 3.63) is 69.4 Å². The first kappa shape index (κ1) is 24.7. The van der Waals surface area contributed by atoms with Crippen LogP contribution in [0.1, 0.15) is 48.8 Å². The number of carbonyl (C=O) groups excluding carboxylic acids is 2. The standard InChI is InChI=1S/C25H25BrF4N2O2/c26-18-7-3-16(4-8-18)5-10-21(22(33)32-13-1-2-14-32)31-23(34)24(11-12-24)19-9-6-17(15-20(19)27)25(28,29)30/h3-4,6-9,15,21H,1-2,5,10-14H2,(H,31,34)/t21-/m0/s1. The number of hydrogen-bond acceptors (Lipinski definition) is 2. The third-order valence-electron chi connectivity index (χ3n) is 6.65. The minimum atomic E-state index is -4.67. The minimum Gasteiger partial charge on any atom is -0.344 e. The summed E-state index contributed by atoms with van der Waals surface area (Å²) >= 11 is 3.39. The molecule has 1 aliphatic heterocycles. The predicted octanol–water partition coefficient (Wildman–Crippen LogP) is 5.38. The van der Waals surface area contributed by atoms with Crippen LogP contribution in [-0.2, 0) is 27.6 Å². The number of carbonyl (C=O) groups is 2. The van der Waals surface area contributed by atoms with Gasteiger partial charge in [-0.3, -0.25) is 9.59 Å². The highest BCUT2D eigenvalue weighted by Crippen LogP contribution is 2.50. The zero-order valence-electron chi connectivity index (χ0n) is 18.4. The molecule has 0 spiro atoms. The summed E-state index contributed by atoms with van der Waals surface area (Å²) in [4.78, 5) is 28.2. The molecule has 1 saturated carbocycles. The maximum absolute atomic E-state index is 14.7. The van der Waals surface area contributed by atoms with Gasteiger partial charge in [0.25, 0.3) is 0 Å². The second-order valence-electron chi connectivity index (χ2n) is 9.00. The van der Waals surface area contributed by atoms with Crippen LogP contribution in [0.5, 0.6) is 0 Å². The van der Waals surface area contributed by atoms with Crippen molar-refractivity contribution < 1.29 is 27.2 Å². The lowest BCUT2D eigenvalue weighted by molar-refractivity contribution is -0.138. The van der Waals surface area contributed by atoms with E-state index in [1.54, 1.807) is 4.90 Å². The van der Waals surface area contributed by atoms with E-state index in [9.17, 15) is 27.2 Å². The molecule has 34 heavy (non-hydrogen) atoms. The van der Waals surface area contributed by atoms with Crippen LogP contribution in [0.15, 0.2) is 46.9 Å². The fourth-order valence-corrected chi connectivity index (χ4v) is 4.76. The summed E-state index contributed by atoms with van der Waals surface area (Å²) in [6, 6.07) is 9.16. The number of nitrogens with one attached hydrogen (secondary N) is 1. The Morgan fingerprint density at radius 2 is 1.71 bits per heavy atom. The summed E-state index contributed by atoms with van der Waals surface area (Å²) < 4.78 is 54.4. The van der Waals surface area contributed by atoms with Gasteiger partial charge in [0, 0.05) is 23.1 Å². The molecule has 9 heteroatoms. The van der Waals surface area contributed by atoms with Gasteiger partial charge in [-0.25, -0.2) is 4.39 Å². The molecule has 0 radical (unpaired) electrons. The average Bonchev–Trinajstić information content (AvgIpc) is 3.41. The molecule has 1 heterocycles. The topological polar surface area (TPSA) is 49.4 Å². The molecule has 1 atom stereocenters. The summed E-state index contributed by atoms with van der Waals surface area (Å²) in [5.74, 6) is -1.74. The van der Waals surface area contributed by atoms with Gasteiger partial charge in [0.05, 0.1) is 11.0 Å². The van der Waals surface area contributed by atoms with E-state index in [4.69, 9.17) is 0 Å². The Morgan fingerprint density at radius 3 is 2.26 bits per heavy atom. The highest BCUT2D eigenvalue weighted by atomic mass is 79.9. The Labute approximate surface area is 203 Å². The van der Waals surface area contributed by atoms with E-state index in [2.05, 4.69) is 21.2 Å². The van der Waals surface area contributed by atoms with Crippen molar-refractivity contribution in [1.82, 2.24) is 10.2 Å². The molecule has 2 fully saturated rings. The Hall–Kier alpha value is -2.42. The van der Waals surface area contributed by atoms with Gasteiger partial charge in [-0.05, 0) is 68.4 Å². The van der Waals surface area contributed by atoms with Crippen molar-refractivity contribution in [2.24, 2.45) is 0 Å². The molecule has 182 valence electrons. The number of aryl methyl sites for hydroxylation is 1. The van der Waals surface area contributed by atoms with Gasteiger partial charge >= 0.3 is 6.18 Å². The molecule has 0 unspecified atom stereocenters. The quantitative estimate of drug-likeness (QED) is 0.479. The molecule has 0 bridgehead atoms. The molecular formula is C25H25BrF4N2O2. The summed E-state index contributed by atoms with van der Waals surface area (Å²) in [6.45, 7) is 1.25. The number of hydrogen-bond donors (Lipinski definition) is 1. The van der Waals surface area contributed by atoms with Crippen LogP contribution in [0.4, 0.5) is 17.6 Å². The molecule has 2 aliphatic rings. The maximum Gasteiger partial charge on any atom is 0.416 e. The molecule has 0 aromatic heterocycles. The van der Waals surface area contributed by atoms with Crippen molar-refractivity contribution in [2.45, 2.75) is 56.2 Å². The Bertz CT molecular complexity index is 1060. The molecule has 2 aromatic rings. The fourth-order valence-electron chi connectivity index (χ4n) is 4.50. The van der Waals surface area contributed by atoms with E-state index in [1.165, 1.54) is 0 Å². The van der Waals surface area contributed by atoms with Crippen LogP contribution < -0.4 is 5.32 Å². The second-order valence-corrected chi connectivity index (χ2v) is 9.91. The van der Waals surface area contributed by atoms with Crippen molar-refractivity contribution in [2.75, 3.05) is 13.1 Å². The predicted molar refractivity (Wildman–Crippen MR) is 123 cm³/mol. The van der Waals surface area contributed by atoms with Gasteiger partial charge < -0.3 is 10.2 Å². The first-order valence-corrected chi connectivity index (χ1v) is 12.1. The molecule has 2 amide bonds. The van der Waals surface area contributed by atoms with E-state index >= 15 is 0 Å². The van der Waals surface area contributed by atoms with Gasteiger partial charge in [0.15, 0.2) is 0 Å². The Kier molecular flexibility index (Phi) is 7.03. The van der Waals surface area contributed by atoms with E-state index in [-0.39, 0.29) is 11.5 Å². The summed E-state index contributed by atoms with van der Waals surface area (Å²) in [5.41, 5.74) is -1.39. The van der Waals surface area contributed by atoms with Gasteiger partial charge in [0.1, 0.15) is 11.9 Å². The van der Waals surface area contributed by atoms with Crippen LogP contribution in [0.25, 0.3) is 0 Å². The molecule has 4 nitrogen and oxygen atoms in total. The minimum absolute atomic E-state index is 0.0571. The summed E-state index contributed by atoms with van der Waals surface area (Å²) in [5, 5.41) is 2.82. The lowest BCUT2D eigenvalue weighted by Crippen LogP contribution is -2.50. The molecule has 1 aliphatic carbocycles. The highest BCUT2D eigenvalue weighted by molar-refractivity contribution is 9.10. The molecule has 4 rings (SSSR count). The van der Waals surface area contributed by atoms with Crippen LogP contribution in [0, 0.1) is 5.82 Å². The van der Waals surface area contributed by atoms with Crippen LogP contribution >= 0.6 is 15.9 Å². The van der Waals surface area contributed by atoms with Gasteiger partial charge in [-0.2, -0.15) is 13.2 Å². The average molecular weight is 541 g/mol. The van der Waals surface area contributed by atoms with E-state index in [0.29, 0.717) is 44.8 Å². The van der Waals surface area contributed by atoms with Crippen LogP contribution in [0.3, 0.4) is 0 Å². The van der Waals surface area contributed by atoms with Crippen LogP contribution in [-0.4, -0.2) is 35.8 Å². The monoisotopic (exact) mass is 540 g/mol. The van der Waals surface area contributed by atoms with Crippen molar-refractivity contribution >= 4 is 27.7 Å². The van der Waals surface area contributed by atoms with Crippen molar-refractivity contribution in [3.63, 3.8) is 0 Å². The summed E-state index contributed by atoms with van der Waals surface area (Å²) in [7, 11) is 0. The smallest absolute Gasteiger partial charge is 0.344 e. The Balaban J connectivity index is 1.52. The number of amides is 2.